The van der Waals surface area contributed by atoms with Gasteiger partial charge in [0.1, 0.15) is 0 Å². The molecule has 1 saturated carbocycles. The maximum absolute atomic E-state index is 12.3. The van der Waals surface area contributed by atoms with E-state index in [0.29, 0.717) is 13.2 Å². The Balaban J connectivity index is 0.00000220. The highest BCUT2D eigenvalue weighted by molar-refractivity contribution is 5.85. The lowest BCUT2D eigenvalue weighted by Gasteiger charge is -2.15. The molecule has 0 unspecified atom stereocenters. The number of nitrogens with one attached hydrogen (secondary N) is 2. The van der Waals surface area contributed by atoms with E-state index < -0.39 is 0 Å². The molecule has 0 atom stereocenters. The van der Waals surface area contributed by atoms with Gasteiger partial charge >= 0.3 is 0 Å². The van der Waals surface area contributed by atoms with Crippen molar-refractivity contribution in [2.75, 3.05) is 33.4 Å². The molecule has 0 heterocycles. The van der Waals surface area contributed by atoms with Crippen LogP contribution in [0.4, 0.5) is 0 Å². The van der Waals surface area contributed by atoms with Crippen LogP contribution in [0.3, 0.4) is 0 Å². The van der Waals surface area contributed by atoms with Gasteiger partial charge in [-0.3, -0.25) is 4.79 Å². The van der Waals surface area contributed by atoms with Crippen LogP contribution in [0.15, 0.2) is 30.3 Å². The van der Waals surface area contributed by atoms with E-state index in [4.69, 9.17) is 4.74 Å². The topological polar surface area (TPSA) is 50.4 Å². The van der Waals surface area contributed by atoms with E-state index in [1.54, 1.807) is 7.11 Å². The van der Waals surface area contributed by atoms with Crippen molar-refractivity contribution < 1.29 is 9.53 Å². The molecule has 1 amide bonds. The number of carbonyl (C=O) groups is 1. The fraction of sp³-hybridized carbons (Fsp3) is 0.562. The zero-order valence-corrected chi connectivity index (χ0v) is 13.4. The van der Waals surface area contributed by atoms with Crippen molar-refractivity contribution in [3.8, 4) is 0 Å². The Morgan fingerprint density at radius 3 is 2.52 bits per heavy atom. The van der Waals surface area contributed by atoms with Gasteiger partial charge in [0.15, 0.2) is 0 Å². The number of methoxy groups -OCH3 is 1. The molecule has 0 bridgehead atoms. The van der Waals surface area contributed by atoms with Crippen LogP contribution in [0, 0.1) is 5.41 Å². The van der Waals surface area contributed by atoms with E-state index in [1.807, 2.05) is 18.2 Å². The maximum Gasteiger partial charge on any atom is 0.226 e. The van der Waals surface area contributed by atoms with E-state index in [2.05, 4.69) is 22.8 Å². The molecule has 5 heteroatoms. The van der Waals surface area contributed by atoms with Gasteiger partial charge in [-0.25, -0.2) is 0 Å². The summed E-state index contributed by atoms with van der Waals surface area (Å²) in [6, 6.07) is 10.3. The Bertz CT molecular complexity index is 422. The average molecular weight is 313 g/mol. The summed E-state index contributed by atoms with van der Waals surface area (Å²) in [5.41, 5.74) is 1.10. The van der Waals surface area contributed by atoms with Crippen LogP contribution in [0.2, 0.25) is 0 Å². The van der Waals surface area contributed by atoms with Crippen LogP contribution in [-0.2, 0) is 16.0 Å². The summed E-state index contributed by atoms with van der Waals surface area (Å²) in [6.45, 7) is 2.99. The third-order valence-electron chi connectivity index (χ3n) is 3.79. The van der Waals surface area contributed by atoms with Gasteiger partial charge in [0, 0.05) is 26.7 Å². The number of benzene rings is 1. The minimum absolute atomic E-state index is 0. The second-order valence-corrected chi connectivity index (χ2v) is 5.44. The zero-order chi connectivity index (χ0) is 14.3. The van der Waals surface area contributed by atoms with Crippen molar-refractivity contribution in [1.82, 2.24) is 10.6 Å². The molecule has 2 N–H and O–H groups in total. The normalized spacial score (nSPS) is 15.1. The van der Waals surface area contributed by atoms with E-state index in [-0.39, 0.29) is 23.7 Å². The summed E-state index contributed by atoms with van der Waals surface area (Å²) < 4.78 is 4.95. The van der Waals surface area contributed by atoms with Gasteiger partial charge in [-0.05, 0) is 24.8 Å². The van der Waals surface area contributed by atoms with Crippen LogP contribution in [0.25, 0.3) is 0 Å². The predicted octanol–water partition coefficient (Wildman–Crippen LogP) is 1.78. The minimum Gasteiger partial charge on any atom is -0.383 e. The highest BCUT2D eigenvalue weighted by Crippen LogP contribution is 2.48. The van der Waals surface area contributed by atoms with Gasteiger partial charge in [0.2, 0.25) is 5.91 Å². The molecule has 118 valence electrons. The fourth-order valence-electron chi connectivity index (χ4n) is 2.37. The van der Waals surface area contributed by atoms with Gasteiger partial charge in [0.05, 0.1) is 12.0 Å². The average Bonchev–Trinajstić information content (AvgIpc) is 3.24. The van der Waals surface area contributed by atoms with Crippen molar-refractivity contribution >= 4 is 18.3 Å². The van der Waals surface area contributed by atoms with Crippen LogP contribution < -0.4 is 10.6 Å². The minimum atomic E-state index is -0.145. The summed E-state index contributed by atoms with van der Waals surface area (Å²) >= 11 is 0. The molecule has 0 aliphatic heterocycles. The number of amides is 1. The quantitative estimate of drug-likeness (QED) is 0.684. The lowest BCUT2D eigenvalue weighted by molar-refractivity contribution is -0.126. The molecular weight excluding hydrogens is 288 g/mol. The van der Waals surface area contributed by atoms with E-state index in [9.17, 15) is 4.79 Å². The van der Waals surface area contributed by atoms with Crippen LogP contribution >= 0.6 is 12.4 Å². The number of halogens is 1. The second-order valence-electron chi connectivity index (χ2n) is 5.44. The van der Waals surface area contributed by atoms with Gasteiger partial charge in [-0.1, -0.05) is 30.3 Å². The highest BCUT2D eigenvalue weighted by Gasteiger charge is 2.49. The molecule has 4 nitrogen and oxygen atoms in total. The van der Waals surface area contributed by atoms with E-state index in [1.165, 1.54) is 5.56 Å². The summed E-state index contributed by atoms with van der Waals surface area (Å²) in [7, 11) is 1.68. The first kappa shape index (κ1) is 18.0. The van der Waals surface area contributed by atoms with Crippen LogP contribution in [-0.4, -0.2) is 39.3 Å². The van der Waals surface area contributed by atoms with Crippen molar-refractivity contribution in [1.29, 1.82) is 0 Å². The molecule has 0 spiro atoms. The fourth-order valence-corrected chi connectivity index (χ4v) is 2.37. The Morgan fingerprint density at radius 1 is 1.19 bits per heavy atom. The largest absolute Gasteiger partial charge is 0.383 e. The molecule has 2 rings (SSSR count). The lowest BCUT2D eigenvalue weighted by atomic mass is 9.95. The molecule has 1 aromatic carbocycles. The Kier molecular flexibility index (Phi) is 7.72. The van der Waals surface area contributed by atoms with Crippen LogP contribution in [0.5, 0.6) is 0 Å². The molecule has 21 heavy (non-hydrogen) atoms. The third kappa shape index (κ3) is 5.65. The molecule has 1 aromatic rings. The summed E-state index contributed by atoms with van der Waals surface area (Å²) in [4.78, 5) is 12.3. The molecule has 1 aliphatic rings. The summed E-state index contributed by atoms with van der Waals surface area (Å²) in [5.74, 6) is 0.204. The highest BCUT2D eigenvalue weighted by atomic mass is 35.5. The van der Waals surface area contributed by atoms with Crippen molar-refractivity contribution in [2.45, 2.75) is 19.3 Å². The van der Waals surface area contributed by atoms with Crippen molar-refractivity contribution in [3.05, 3.63) is 35.9 Å². The lowest BCUT2D eigenvalue weighted by Crippen LogP contribution is -2.38. The Labute approximate surface area is 133 Å². The Morgan fingerprint density at radius 2 is 1.90 bits per heavy atom. The van der Waals surface area contributed by atoms with Gasteiger partial charge in [-0.2, -0.15) is 0 Å². The number of hydrogen-bond acceptors (Lipinski definition) is 3. The first-order valence-corrected chi connectivity index (χ1v) is 7.29. The monoisotopic (exact) mass is 312 g/mol. The molecule has 0 saturated heterocycles. The Hall–Kier alpha value is -1.10. The van der Waals surface area contributed by atoms with Gasteiger partial charge in [0.25, 0.3) is 0 Å². The molecule has 1 fully saturated rings. The second kappa shape index (κ2) is 9.03. The number of rotatable bonds is 9. The smallest absolute Gasteiger partial charge is 0.226 e. The summed E-state index contributed by atoms with van der Waals surface area (Å²) in [6.07, 6.45) is 2.87. The van der Waals surface area contributed by atoms with Crippen LogP contribution in [0.1, 0.15) is 18.4 Å². The molecule has 0 aromatic heterocycles. The van der Waals surface area contributed by atoms with Gasteiger partial charge < -0.3 is 15.4 Å². The van der Waals surface area contributed by atoms with E-state index in [0.717, 1.165) is 32.4 Å². The maximum atomic E-state index is 12.3. The molecule has 1 aliphatic carbocycles. The predicted molar refractivity (Wildman–Crippen MR) is 86.8 cm³/mol. The van der Waals surface area contributed by atoms with Crippen molar-refractivity contribution in [3.63, 3.8) is 0 Å². The number of hydrogen-bond donors (Lipinski definition) is 2. The molecular formula is C16H25ClN2O2. The first-order valence-electron chi connectivity index (χ1n) is 7.29. The third-order valence-corrected chi connectivity index (χ3v) is 3.79. The summed E-state index contributed by atoms with van der Waals surface area (Å²) in [5, 5.41) is 6.26. The van der Waals surface area contributed by atoms with Crippen molar-refractivity contribution in [2.24, 2.45) is 5.41 Å². The van der Waals surface area contributed by atoms with E-state index >= 15 is 0 Å². The SMILES string of the molecule is COCCNCCNC(=O)C1(Cc2ccccc2)CC1.Cl. The zero-order valence-electron chi connectivity index (χ0n) is 12.6. The number of carbonyl (C=O) groups excluding carboxylic acids is 1. The first-order chi connectivity index (χ1) is 9.77. The standard InChI is InChI=1S/C16H24N2O2.ClH/c1-20-12-11-17-9-10-18-15(19)16(7-8-16)13-14-5-3-2-4-6-14;/h2-6,17H,7-13H2,1H3,(H,18,19);1H. The molecule has 0 radical (unpaired) electrons. The number of ether oxygens (including phenoxy) is 1. The van der Waals surface area contributed by atoms with Gasteiger partial charge in [-0.15, -0.1) is 12.4 Å².